The molecule has 0 spiro atoms. The molecule has 1 atom stereocenters. The average Bonchev–Trinajstić information content (AvgIpc) is 2.55. The normalized spacial score (nSPS) is 12.6. The maximum absolute atomic E-state index is 6.00. The first-order valence-corrected chi connectivity index (χ1v) is 8.81. The van der Waals surface area contributed by atoms with Gasteiger partial charge in [-0.1, -0.05) is 24.3 Å². The second kappa shape index (κ2) is 8.65. The van der Waals surface area contributed by atoms with Crippen LogP contribution in [0.4, 0.5) is 5.69 Å². The van der Waals surface area contributed by atoms with E-state index in [0.717, 1.165) is 17.8 Å². The maximum atomic E-state index is 6.00. The molecule has 2 aromatic rings. The number of nitrogens with zero attached hydrogens (tertiary/aromatic N) is 3. The average molecular weight is 339 g/mol. The van der Waals surface area contributed by atoms with Crippen LogP contribution in [0, 0.1) is 13.8 Å². The van der Waals surface area contributed by atoms with Gasteiger partial charge in [-0.3, -0.25) is 0 Å². The Labute approximate surface area is 151 Å². The molecule has 1 aromatic heterocycles. The van der Waals surface area contributed by atoms with Gasteiger partial charge in [0.1, 0.15) is 6.10 Å². The lowest BCUT2D eigenvalue weighted by molar-refractivity contribution is 0.212. The van der Waals surface area contributed by atoms with Crippen LogP contribution in [0.5, 0.6) is 5.88 Å². The fourth-order valence-electron chi connectivity index (χ4n) is 2.42. The highest BCUT2D eigenvalue weighted by atomic mass is 16.5. The molecule has 1 heterocycles. The predicted molar refractivity (Wildman–Crippen MR) is 105 cm³/mol. The number of benzene rings is 1. The number of aromatic nitrogens is 1. The smallest absolute Gasteiger partial charge is 0.213 e. The van der Waals surface area contributed by atoms with E-state index in [1.165, 1.54) is 11.1 Å². The third kappa shape index (κ3) is 5.59. The van der Waals surface area contributed by atoms with Gasteiger partial charge in [-0.2, -0.15) is 0 Å². The van der Waals surface area contributed by atoms with Crippen LogP contribution in [-0.2, 0) is 6.42 Å². The Morgan fingerprint density at radius 2 is 1.84 bits per heavy atom. The number of hydrogen-bond acceptors (Lipinski definition) is 3. The zero-order valence-electron chi connectivity index (χ0n) is 16.2. The fourth-order valence-corrected chi connectivity index (χ4v) is 2.42. The molecule has 25 heavy (non-hydrogen) atoms. The topological polar surface area (TPSA) is 37.7 Å². The van der Waals surface area contributed by atoms with Crippen molar-refractivity contribution in [2.45, 2.75) is 53.2 Å². The van der Waals surface area contributed by atoms with Crippen molar-refractivity contribution in [1.82, 2.24) is 9.88 Å². The Balaban J connectivity index is 2.01. The Morgan fingerprint density at radius 3 is 2.48 bits per heavy atom. The second-order valence-corrected chi connectivity index (χ2v) is 6.82. The number of hydrogen-bond donors (Lipinski definition) is 0. The van der Waals surface area contributed by atoms with Gasteiger partial charge >= 0.3 is 0 Å². The van der Waals surface area contributed by atoms with Crippen LogP contribution < -0.4 is 4.74 Å². The molecular formula is C21H29N3O. The highest BCUT2D eigenvalue weighted by Gasteiger charge is 2.09. The largest absolute Gasteiger partial charge is 0.474 e. The lowest BCUT2D eigenvalue weighted by atomic mass is 10.0. The Bertz CT molecular complexity index is 725. The molecule has 0 saturated heterocycles. The molecule has 1 aromatic carbocycles. The molecule has 0 saturated carbocycles. The Hall–Kier alpha value is -2.36. The van der Waals surface area contributed by atoms with Gasteiger partial charge in [0.05, 0.1) is 17.7 Å². The zero-order valence-corrected chi connectivity index (χ0v) is 16.2. The minimum absolute atomic E-state index is 0.0643. The van der Waals surface area contributed by atoms with Crippen LogP contribution in [-0.4, -0.2) is 35.4 Å². The summed E-state index contributed by atoms with van der Waals surface area (Å²) in [5, 5.41) is 0. The number of aryl methyl sites for hydroxylation is 2. The SMILES string of the molecule is Cc1ccccc1CC(C)Oc1ccc(N=CN(C)C(C)C)c(C)n1. The van der Waals surface area contributed by atoms with Gasteiger partial charge in [-0.05, 0) is 51.8 Å². The van der Waals surface area contributed by atoms with Gasteiger partial charge in [0, 0.05) is 25.6 Å². The van der Waals surface area contributed by atoms with Crippen molar-refractivity contribution in [3.05, 3.63) is 53.2 Å². The van der Waals surface area contributed by atoms with E-state index in [1.54, 1.807) is 0 Å². The minimum atomic E-state index is 0.0643. The molecule has 0 fully saturated rings. The first-order chi connectivity index (χ1) is 11.9. The summed E-state index contributed by atoms with van der Waals surface area (Å²) < 4.78 is 6.00. The van der Waals surface area contributed by atoms with E-state index in [0.29, 0.717) is 11.9 Å². The number of pyridine rings is 1. The van der Waals surface area contributed by atoms with Crippen LogP contribution in [0.3, 0.4) is 0 Å². The van der Waals surface area contributed by atoms with Crippen LogP contribution in [0.2, 0.25) is 0 Å². The third-order valence-electron chi connectivity index (χ3n) is 4.32. The molecule has 2 rings (SSSR count). The first kappa shape index (κ1) is 19.0. The van der Waals surface area contributed by atoms with Gasteiger partial charge in [-0.25, -0.2) is 9.98 Å². The summed E-state index contributed by atoms with van der Waals surface area (Å²) in [5.41, 5.74) is 4.34. The number of rotatable bonds is 7. The maximum Gasteiger partial charge on any atom is 0.213 e. The lowest BCUT2D eigenvalue weighted by Crippen LogP contribution is -2.24. The van der Waals surface area contributed by atoms with Crippen molar-refractivity contribution in [3.8, 4) is 5.88 Å². The summed E-state index contributed by atoms with van der Waals surface area (Å²) in [4.78, 5) is 11.1. The monoisotopic (exact) mass is 339 g/mol. The van der Waals surface area contributed by atoms with Crippen molar-refractivity contribution in [2.75, 3.05) is 7.05 Å². The van der Waals surface area contributed by atoms with E-state index >= 15 is 0 Å². The Kier molecular flexibility index (Phi) is 6.57. The molecule has 0 N–H and O–H groups in total. The van der Waals surface area contributed by atoms with Gasteiger partial charge in [-0.15, -0.1) is 0 Å². The summed E-state index contributed by atoms with van der Waals surface area (Å²) in [5.74, 6) is 0.648. The lowest BCUT2D eigenvalue weighted by Gasteiger charge is -2.18. The van der Waals surface area contributed by atoms with E-state index in [1.807, 2.05) is 32.4 Å². The summed E-state index contributed by atoms with van der Waals surface area (Å²) >= 11 is 0. The second-order valence-electron chi connectivity index (χ2n) is 6.82. The molecule has 1 unspecified atom stereocenters. The van der Waals surface area contributed by atoms with Crippen molar-refractivity contribution in [2.24, 2.45) is 4.99 Å². The quantitative estimate of drug-likeness (QED) is 0.541. The van der Waals surface area contributed by atoms with Gasteiger partial charge < -0.3 is 9.64 Å². The minimum Gasteiger partial charge on any atom is -0.474 e. The van der Waals surface area contributed by atoms with Gasteiger partial charge in [0.15, 0.2) is 0 Å². The van der Waals surface area contributed by atoms with Crippen LogP contribution in [0.25, 0.3) is 0 Å². The molecule has 4 nitrogen and oxygen atoms in total. The van der Waals surface area contributed by atoms with Gasteiger partial charge in [0.2, 0.25) is 5.88 Å². The molecule has 0 aliphatic carbocycles. The highest BCUT2D eigenvalue weighted by molar-refractivity contribution is 5.62. The van der Waals surface area contributed by atoms with Crippen LogP contribution >= 0.6 is 0 Å². The van der Waals surface area contributed by atoms with Crippen molar-refractivity contribution in [1.29, 1.82) is 0 Å². The third-order valence-corrected chi connectivity index (χ3v) is 4.32. The summed E-state index contributed by atoms with van der Waals surface area (Å²) in [6.45, 7) is 10.4. The molecule has 0 aliphatic rings. The molecule has 0 amide bonds. The Morgan fingerprint density at radius 1 is 1.12 bits per heavy atom. The molecule has 134 valence electrons. The van der Waals surface area contributed by atoms with Crippen molar-refractivity contribution < 1.29 is 4.74 Å². The summed E-state index contributed by atoms with van der Waals surface area (Å²) in [7, 11) is 2.02. The molecule has 0 bridgehead atoms. The fraction of sp³-hybridized carbons (Fsp3) is 0.429. The molecule has 0 radical (unpaired) electrons. The van der Waals surface area contributed by atoms with E-state index < -0.39 is 0 Å². The first-order valence-electron chi connectivity index (χ1n) is 8.81. The standard InChI is InChI=1S/C21H29N3O/c1-15(2)24(6)14-22-20-11-12-21(23-18(20)5)25-17(4)13-19-10-8-7-9-16(19)3/h7-12,14-15,17H,13H2,1-6H3. The molecule has 0 aliphatic heterocycles. The zero-order chi connectivity index (χ0) is 18.4. The number of ether oxygens (including phenoxy) is 1. The number of aliphatic imine (C=N–C) groups is 1. The van der Waals surface area contributed by atoms with Crippen LogP contribution in [0.1, 0.15) is 37.6 Å². The van der Waals surface area contributed by atoms with E-state index in [9.17, 15) is 0 Å². The van der Waals surface area contributed by atoms with E-state index in [2.05, 4.69) is 66.8 Å². The van der Waals surface area contributed by atoms with Crippen LogP contribution in [0.15, 0.2) is 41.4 Å². The summed E-state index contributed by atoms with van der Waals surface area (Å²) in [6, 6.07) is 12.7. The van der Waals surface area contributed by atoms with E-state index in [4.69, 9.17) is 4.74 Å². The van der Waals surface area contributed by atoms with Crippen molar-refractivity contribution in [3.63, 3.8) is 0 Å². The van der Waals surface area contributed by atoms with E-state index in [-0.39, 0.29) is 6.10 Å². The highest BCUT2D eigenvalue weighted by Crippen LogP contribution is 2.21. The van der Waals surface area contributed by atoms with Gasteiger partial charge in [0.25, 0.3) is 0 Å². The molecular weight excluding hydrogens is 310 g/mol. The van der Waals surface area contributed by atoms with Crippen molar-refractivity contribution >= 4 is 12.0 Å². The predicted octanol–water partition coefficient (Wildman–Crippen LogP) is 4.71. The summed E-state index contributed by atoms with van der Waals surface area (Å²) in [6.07, 6.45) is 2.78. The molecule has 4 heteroatoms.